The van der Waals surface area contributed by atoms with E-state index in [0.717, 1.165) is 96.3 Å². The number of rotatable bonds is 52. The smallest absolute Gasteiger partial charge is 0.220 e. The van der Waals surface area contributed by atoms with Crippen molar-refractivity contribution in [2.45, 2.75) is 283 Å². The summed E-state index contributed by atoms with van der Waals surface area (Å²) in [6.07, 6.45) is 88.4. The molecule has 0 rings (SSSR count). The van der Waals surface area contributed by atoms with E-state index in [0.29, 0.717) is 6.42 Å². The number of unbranched alkanes of at least 4 members (excludes halogenated alkanes) is 29. The first-order valence-electron chi connectivity index (χ1n) is 29.1. The minimum atomic E-state index is -0.891. The van der Waals surface area contributed by atoms with Gasteiger partial charge >= 0.3 is 0 Å². The van der Waals surface area contributed by atoms with E-state index in [-0.39, 0.29) is 12.5 Å². The lowest BCUT2D eigenvalue weighted by atomic mass is 10.0. The van der Waals surface area contributed by atoms with E-state index in [1.807, 2.05) is 6.08 Å². The van der Waals surface area contributed by atoms with Gasteiger partial charge in [0.25, 0.3) is 0 Å². The molecule has 68 heavy (non-hydrogen) atoms. The van der Waals surface area contributed by atoms with Crippen LogP contribution in [0.5, 0.6) is 0 Å². The molecule has 4 heteroatoms. The van der Waals surface area contributed by atoms with Gasteiger partial charge in [0.2, 0.25) is 5.91 Å². The van der Waals surface area contributed by atoms with Crippen LogP contribution in [0, 0.1) is 0 Å². The summed E-state index contributed by atoms with van der Waals surface area (Å²) in [5, 5.41) is 23.1. The molecule has 0 aromatic carbocycles. The van der Waals surface area contributed by atoms with Gasteiger partial charge in [-0.2, -0.15) is 0 Å². The Balaban J connectivity index is 3.62. The monoisotopic (exact) mass is 942 g/mol. The molecule has 2 atom stereocenters. The summed E-state index contributed by atoms with van der Waals surface area (Å²) in [6, 6.07) is -0.669. The van der Waals surface area contributed by atoms with Crippen molar-refractivity contribution in [3.63, 3.8) is 0 Å². The van der Waals surface area contributed by atoms with Gasteiger partial charge in [-0.3, -0.25) is 4.79 Å². The van der Waals surface area contributed by atoms with Gasteiger partial charge in [-0.15, -0.1) is 0 Å². The third-order valence-electron chi connectivity index (χ3n) is 12.7. The predicted octanol–water partition coefficient (Wildman–Crippen LogP) is 19.5. The topological polar surface area (TPSA) is 69.6 Å². The van der Waals surface area contributed by atoms with Gasteiger partial charge in [-0.25, -0.2) is 0 Å². The third kappa shape index (κ3) is 54.0. The van der Waals surface area contributed by atoms with Crippen molar-refractivity contribution < 1.29 is 15.0 Å². The first-order chi connectivity index (χ1) is 33.7. The molecule has 0 saturated heterocycles. The quantitative estimate of drug-likeness (QED) is 0.0420. The molecule has 0 aliphatic carbocycles. The number of aliphatic hydroxyl groups is 2. The second-order valence-electron chi connectivity index (χ2n) is 19.3. The molecule has 0 heterocycles. The highest BCUT2D eigenvalue weighted by Gasteiger charge is 2.17. The average Bonchev–Trinajstić information content (AvgIpc) is 3.34. The molecule has 390 valence electrons. The molecule has 0 radical (unpaired) electrons. The Morgan fingerprint density at radius 1 is 0.368 bits per heavy atom. The molecule has 0 aromatic heterocycles. The molecule has 2 unspecified atom stereocenters. The van der Waals surface area contributed by atoms with Crippen LogP contribution in [0.1, 0.15) is 271 Å². The molecule has 0 aromatic rings. The maximum atomic E-state index is 12.5. The summed E-state index contributed by atoms with van der Waals surface area (Å²) < 4.78 is 0. The van der Waals surface area contributed by atoms with Crippen molar-refractivity contribution in [2.75, 3.05) is 6.61 Å². The van der Waals surface area contributed by atoms with Gasteiger partial charge in [-0.1, -0.05) is 277 Å². The number of nitrogens with one attached hydrogen (secondary N) is 1. The van der Waals surface area contributed by atoms with Crippen molar-refractivity contribution in [2.24, 2.45) is 0 Å². The number of aliphatic hydroxyl groups excluding tert-OH is 2. The Kier molecular flexibility index (Phi) is 55.8. The molecule has 0 spiro atoms. The van der Waals surface area contributed by atoms with Crippen LogP contribution in [0.3, 0.4) is 0 Å². The lowest BCUT2D eigenvalue weighted by Crippen LogP contribution is -2.45. The van der Waals surface area contributed by atoms with E-state index in [2.05, 4.69) is 116 Å². The van der Waals surface area contributed by atoms with Crippen LogP contribution < -0.4 is 5.32 Å². The lowest BCUT2D eigenvalue weighted by Gasteiger charge is -2.19. The van der Waals surface area contributed by atoms with Crippen molar-refractivity contribution >= 4 is 5.91 Å². The zero-order chi connectivity index (χ0) is 49.2. The Morgan fingerprint density at radius 2 is 0.662 bits per heavy atom. The highest BCUT2D eigenvalue weighted by Crippen LogP contribution is 2.16. The highest BCUT2D eigenvalue weighted by atomic mass is 16.3. The van der Waals surface area contributed by atoms with Crippen molar-refractivity contribution in [3.8, 4) is 0 Å². The van der Waals surface area contributed by atoms with Gasteiger partial charge in [-0.05, 0) is 96.3 Å². The summed E-state index contributed by atoms with van der Waals surface area (Å²) >= 11 is 0. The Labute approximate surface area is 423 Å². The Hall–Kier alpha value is -2.95. The van der Waals surface area contributed by atoms with E-state index >= 15 is 0 Å². The number of allylic oxidation sites excluding steroid dienone is 17. The number of hydrogen-bond acceptors (Lipinski definition) is 3. The van der Waals surface area contributed by atoms with E-state index < -0.39 is 12.1 Å². The third-order valence-corrected chi connectivity index (χ3v) is 12.7. The van der Waals surface area contributed by atoms with Crippen LogP contribution in [0.2, 0.25) is 0 Å². The van der Waals surface area contributed by atoms with Crippen LogP contribution in [-0.2, 0) is 4.79 Å². The molecule has 0 fully saturated rings. The van der Waals surface area contributed by atoms with Gasteiger partial charge in [0.15, 0.2) is 0 Å². The summed E-state index contributed by atoms with van der Waals surface area (Å²) in [5.74, 6) is -0.105. The molecule has 0 aliphatic heterocycles. The molecule has 0 bridgehead atoms. The van der Waals surface area contributed by atoms with Crippen LogP contribution in [-0.4, -0.2) is 34.9 Å². The second kappa shape index (κ2) is 58.4. The zero-order valence-electron chi connectivity index (χ0n) is 44.8. The molecule has 0 saturated carbocycles. The standard InChI is InChI=1S/C64H111NO3/c1-3-5-7-9-11-13-15-17-19-21-23-25-27-28-29-30-31-32-33-34-35-36-38-39-41-43-45-47-49-51-53-55-57-59-63(67)62(61-66)65-64(68)60-58-56-54-52-50-48-46-44-42-40-37-26-24-22-20-18-16-14-12-10-8-6-4-2/h6,8,12,14,18,20,24,26,40-43,46,48-49,51,57,59,62-63,66-67H,3-5,7,9-11,13,15-17,19,21-23,25,27-39,44-45,47,50,52-56,58,60-61H2,1-2H3,(H,65,68)/b8-6-,14-12-,20-18-,26-24-,42-40-,43-41+,48-46-,51-49+,59-57+. The van der Waals surface area contributed by atoms with Crippen LogP contribution in [0.25, 0.3) is 0 Å². The molecular formula is C64H111NO3. The van der Waals surface area contributed by atoms with Gasteiger partial charge in [0, 0.05) is 6.42 Å². The molecule has 4 nitrogen and oxygen atoms in total. The van der Waals surface area contributed by atoms with Crippen LogP contribution in [0.4, 0.5) is 0 Å². The van der Waals surface area contributed by atoms with E-state index in [1.54, 1.807) is 6.08 Å². The predicted molar refractivity (Wildman–Crippen MR) is 303 cm³/mol. The van der Waals surface area contributed by atoms with Gasteiger partial charge < -0.3 is 15.5 Å². The van der Waals surface area contributed by atoms with Crippen LogP contribution in [0.15, 0.2) is 109 Å². The number of carbonyl (C=O) groups excluding carboxylic acids is 1. The van der Waals surface area contributed by atoms with E-state index in [4.69, 9.17) is 0 Å². The summed E-state index contributed by atoms with van der Waals surface area (Å²) in [4.78, 5) is 12.5. The lowest BCUT2D eigenvalue weighted by molar-refractivity contribution is -0.123. The van der Waals surface area contributed by atoms with Gasteiger partial charge in [0.1, 0.15) is 0 Å². The SMILES string of the molecule is CC/C=C\C/C=C\C/C=C\C/C=C\C/C=C\C/C=C\CCCCCCC(=O)NC(CO)C(O)/C=C/CC/C=C/CC/C=C/CCCCCCCCCCCCCCCCCCCCCCCCC. The average molecular weight is 943 g/mol. The van der Waals surface area contributed by atoms with Crippen molar-refractivity contribution in [1.82, 2.24) is 5.32 Å². The van der Waals surface area contributed by atoms with Gasteiger partial charge in [0.05, 0.1) is 18.8 Å². The fourth-order valence-electron chi connectivity index (χ4n) is 8.33. The number of carbonyl (C=O) groups is 1. The maximum Gasteiger partial charge on any atom is 0.220 e. The van der Waals surface area contributed by atoms with Crippen molar-refractivity contribution in [3.05, 3.63) is 109 Å². The molecule has 1 amide bonds. The summed E-state index contributed by atoms with van der Waals surface area (Å²) in [5.41, 5.74) is 0. The zero-order valence-corrected chi connectivity index (χ0v) is 44.8. The Morgan fingerprint density at radius 3 is 1.03 bits per heavy atom. The normalized spacial score (nSPS) is 13.6. The highest BCUT2D eigenvalue weighted by molar-refractivity contribution is 5.76. The fourth-order valence-corrected chi connectivity index (χ4v) is 8.33. The second-order valence-corrected chi connectivity index (χ2v) is 19.3. The first-order valence-corrected chi connectivity index (χ1v) is 29.1. The molecular weight excluding hydrogens is 831 g/mol. The Bertz CT molecular complexity index is 1300. The summed E-state index contributed by atoms with van der Waals surface area (Å²) in [6.45, 7) is 4.18. The van der Waals surface area contributed by atoms with E-state index in [1.165, 1.54) is 154 Å². The number of hydrogen-bond donors (Lipinski definition) is 3. The minimum absolute atomic E-state index is 0.105. The minimum Gasteiger partial charge on any atom is -0.394 e. The first kappa shape index (κ1) is 65.0. The maximum absolute atomic E-state index is 12.5. The van der Waals surface area contributed by atoms with Crippen LogP contribution >= 0.6 is 0 Å². The van der Waals surface area contributed by atoms with E-state index in [9.17, 15) is 15.0 Å². The molecule has 3 N–H and O–H groups in total. The fraction of sp³-hybridized carbons (Fsp3) is 0.703. The molecule has 0 aliphatic rings. The number of amides is 1. The summed E-state index contributed by atoms with van der Waals surface area (Å²) in [7, 11) is 0. The van der Waals surface area contributed by atoms with Crippen molar-refractivity contribution in [1.29, 1.82) is 0 Å². The largest absolute Gasteiger partial charge is 0.394 e.